The van der Waals surface area contributed by atoms with Crippen LogP contribution in [0.5, 0.6) is 0 Å². The molecule has 1 fully saturated rings. The van der Waals surface area contributed by atoms with Crippen molar-refractivity contribution in [1.82, 2.24) is 20.6 Å². The number of nitrogens with one attached hydrogen (secondary N) is 2. The van der Waals surface area contributed by atoms with Crippen LogP contribution in [-0.4, -0.2) is 39.6 Å². The zero-order chi connectivity index (χ0) is 15.1. The quantitative estimate of drug-likeness (QED) is 0.492. The van der Waals surface area contributed by atoms with E-state index in [-0.39, 0.29) is 6.04 Å². The Morgan fingerprint density at radius 1 is 1.55 bits per heavy atom. The number of hydrogen-bond acceptors (Lipinski definition) is 4. The number of urea groups is 1. The van der Waals surface area contributed by atoms with E-state index < -0.39 is 6.03 Å². The standard InChI is InChI=1S/C8H13N3.C5H12N2O2/c9-8-5-7(10-11-8)6-3-1-2-4-6;1-4(2)6-5(8)7(3)9/h5-6H,1-4H2,(H3,9,10,11);4,9H,1-3H3,(H,6,8). The minimum atomic E-state index is -0.481. The van der Waals surface area contributed by atoms with Gasteiger partial charge in [0.1, 0.15) is 5.82 Å². The number of aromatic nitrogens is 2. The Morgan fingerprint density at radius 3 is 2.50 bits per heavy atom. The van der Waals surface area contributed by atoms with Crippen molar-refractivity contribution in [3.05, 3.63) is 11.8 Å². The van der Waals surface area contributed by atoms with Gasteiger partial charge in [-0.15, -0.1) is 0 Å². The largest absolute Gasteiger partial charge is 0.382 e. The van der Waals surface area contributed by atoms with Crippen LogP contribution in [0.4, 0.5) is 10.6 Å². The summed E-state index contributed by atoms with van der Waals surface area (Å²) >= 11 is 0. The first-order valence-corrected chi connectivity index (χ1v) is 6.94. The summed E-state index contributed by atoms with van der Waals surface area (Å²) in [7, 11) is 1.28. The number of nitrogen functional groups attached to an aromatic ring is 1. The lowest BCUT2D eigenvalue weighted by Crippen LogP contribution is -2.38. The predicted molar refractivity (Wildman–Crippen MR) is 77.4 cm³/mol. The summed E-state index contributed by atoms with van der Waals surface area (Å²) in [6, 6.07) is 1.54. The molecule has 0 bridgehead atoms. The first kappa shape index (κ1) is 16.3. The van der Waals surface area contributed by atoms with E-state index >= 15 is 0 Å². The fraction of sp³-hybridized carbons (Fsp3) is 0.692. The number of carbonyl (C=O) groups is 1. The normalized spacial score (nSPS) is 14.8. The lowest BCUT2D eigenvalue weighted by atomic mass is 10.1. The van der Waals surface area contributed by atoms with Gasteiger partial charge in [-0.1, -0.05) is 12.8 Å². The van der Waals surface area contributed by atoms with E-state index in [1.165, 1.54) is 38.4 Å². The van der Waals surface area contributed by atoms with Crippen LogP contribution in [0.1, 0.15) is 51.1 Å². The molecule has 1 aromatic rings. The molecule has 2 amide bonds. The van der Waals surface area contributed by atoms with Gasteiger partial charge in [0.05, 0.1) is 0 Å². The molecule has 0 aromatic carbocycles. The molecule has 0 spiro atoms. The van der Waals surface area contributed by atoms with Crippen molar-refractivity contribution in [3.8, 4) is 0 Å². The van der Waals surface area contributed by atoms with Crippen LogP contribution in [0, 0.1) is 0 Å². The predicted octanol–water partition coefficient (Wildman–Crippen LogP) is 2.07. The second-order valence-electron chi connectivity index (χ2n) is 5.36. The van der Waals surface area contributed by atoms with Crippen LogP contribution in [0.3, 0.4) is 0 Å². The number of H-pyrrole nitrogens is 1. The van der Waals surface area contributed by atoms with E-state index in [9.17, 15) is 4.79 Å². The van der Waals surface area contributed by atoms with Gasteiger partial charge >= 0.3 is 6.03 Å². The van der Waals surface area contributed by atoms with Crippen molar-refractivity contribution in [2.24, 2.45) is 0 Å². The summed E-state index contributed by atoms with van der Waals surface area (Å²) in [5, 5.41) is 18.4. The van der Waals surface area contributed by atoms with Crippen molar-refractivity contribution in [2.75, 3.05) is 12.8 Å². The summed E-state index contributed by atoms with van der Waals surface area (Å²) in [4.78, 5) is 10.5. The van der Waals surface area contributed by atoms with Gasteiger partial charge < -0.3 is 11.1 Å². The maximum absolute atomic E-state index is 10.5. The van der Waals surface area contributed by atoms with Gasteiger partial charge in [0.25, 0.3) is 0 Å². The van der Waals surface area contributed by atoms with E-state index in [1.807, 2.05) is 19.9 Å². The summed E-state index contributed by atoms with van der Waals surface area (Å²) in [6.45, 7) is 3.64. The number of aromatic amines is 1. The van der Waals surface area contributed by atoms with Gasteiger partial charge in [0.2, 0.25) is 0 Å². The van der Waals surface area contributed by atoms with Crippen molar-refractivity contribution < 1.29 is 10.0 Å². The van der Waals surface area contributed by atoms with Gasteiger partial charge in [-0.2, -0.15) is 5.10 Å². The molecule has 1 aliphatic rings. The second kappa shape index (κ2) is 7.74. The van der Waals surface area contributed by atoms with Crippen molar-refractivity contribution in [2.45, 2.75) is 51.5 Å². The molecule has 1 heterocycles. The summed E-state index contributed by atoms with van der Waals surface area (Å²) in [5.74, 6) is 1.31. The average molecular weight is 283 g/mol. The number of nitrogens with zero attached hydrogens (tertiary/aromatic N) is 2. The Balaban J connectivity index is 0.000000206. The Morgan fingerprint density at radius 2 is 2.15 bits per heavy atom. The highest BCUT2D eigenvalue weighted by Crippen LogP contribution is 2.33. The maximum Gasteiger partial charge on any atom is 0.341 e. The number of hydrogen-bond donors (Lipinski definition) is 4. The number of nitrogens with two attached hydrogens (primary N) is 1. The van der Waals surface area contributed by atoms with Crippen LogP contribution in [-0.2, 0) is 0 Å². The first-order valence-electron chi connectivity index (χ1n) is 6.94. The number of rotatable bonds is 2. The molecular weight excluding hydrogens is 258 g/mol. The number of anilines is 1. The van der Waals surface area contributed by atoms with Crippen LogP contribution in [0.25, 0.3) is 0 Å². The zero-order valence-electron chi connectivity index (χ0n) is 12.4. The molecule has 114 valence electrons. The summed E-state index contributed by atoms with van der Waals surface area (Å²) < 4.78 is 0. The third kappa shape index (κ3) is 5.48. The summed E-state index contributed by atoms with van der Waals surface area (Å²) in [6.07, 6.45) is 5.29. The fourth-order valence-corrected chi connectivity index (χ4v) is 2.14. The number of carbonyl (C=O) groups excluding carboxylic acids is 1. The fourth-order valence-electron chi connectivity index (χ4n) is 2.14. The molecular formula is C13H25N5O2. The molecule has 1 saturated carbocycles. The van der Waals surface area contributed by atoms with E-state index in [0.717, 1.165) is 0 Å². The molecule has 0 radical (unpaired) electrons. The molecule has 0 atom stereocenters. The van der Waals surface area contributed by atoms with Crippen LogP contribution in [0.15, 0.2) is 6.07 Å². The van der Waals surface area contributed by atoms with Gasteiger partial charge in [0.15, 0.2) is 0 Å². The van der Waals surface area contributed by atoms with Crippen molar-refractivity contribution in [3.63, 3.8) is 0 Å². The highest BCUT2D eigenvalue weighted by Gasteiger charge is 2.18. The first-order chi connectivity index (χ1) is 9.40. The van der Waals surface area contributed by atoms with Crippen LogP contribution >= 0.6 is 0 Å². The van der Waals surface area contributed by atoms with E-state index in [2.05, 4.69) is 15.5 Å². The van der Waals surface area contributed by atoms with Gasteiger partial charge in [-0.3, -0.25) is 10.3 Å². The lowest BCUT2D eigenvalue weighted by Gasteiger charge is -2.11. The monoisotopic (exact) mass is 283 g/mol. The molecule has 2 rings (SSSR count). The lowest BCUT2D eigenvalue weighted by molar-refractivity contribution is -0.0190. The molecule has 0 aliphatic heterocycles. The third-order valence-corrected chi connectivity index (χ3v) is 3.12. The highest BCUT2D eigenvalue weighted by atomic mass is 16.5. The Kier molecular flexibility index (Phi) is 6.30. The maximum atomic E-state index is 10.5. The highest BCUT2D eigenvalue weighted by molar-refractivity contribution is 5.72. The molecule has 5 N–H and O–H groups in total. The molecule has 0 unspecified atom stereocenters. The Hall–Kier alpha value is -1.76. The smallest absolute Gasteiger partial charge is 0.341 e. The molecule has 7 heteroatoms. The minimum absolute atomic E-state index is 0.0621. The SMILES string of the molecule is CC(C)NC(=O)N(C)O.Nc1cc(C2CCCC2)[nH]n1. The van der Waals surface area contributed by atoms with E-state index in [4.69, 9.17) is 10.9 Å². The van der Waals surface area contributed by atoms with Crippen molar-refractivity contribution in [1.29, 1.82) is 0 Å². The van der Waals surface area contributed by atoms with Gasteiger partial charge in [0, 0.05) is 30.8 Å². The molecule has 0 saturated heterocycles. The minimum Gasteiger partial charge on any atom is -0.382 e. The average Bonchev–Trinajstić information content (AvgIpc) is 2.99. The number of hydroxylamine groups is 2. The molecule has 1 aromatic heterocycles. The van der Waals surface area contributed by atoms with Crippen LogP contribution in [0.2, 0.25) is 0 Å². The van der Waals surface area contributed by atoms with E-state index in [0.29, 0.717) is 16.8 Å². The second-order valence-corrected chi connectivity index (χ2v) is 5.36. The Labute approximate surface area is 119 Å². The third-order valence-electron chi connectivity index (χ3n) is 3.12. The molecule has 20 heavy (non-hydrogen) atoms. The Bertz CT molecular complexity index is 411. The topological polar surface area (TPSA) is 107 Å². The van der Waals surface area contributed by atoms with Crippen LogP contribution < -0.4 is 11.1 Å². The summed E-state index contributed by atoms with van der Waals surface area (Å²) in [5.41, 5.74) is 6.73. The molecule has 1 aliphatic carbocycles. The van der Waals surface area contributed by atoms with E-state index in [1.54, 1.807) is 0 Å². The van der Waals surface area contributed by atoms with Crippen molar-refractivity contribution >= 4 is 11.8 Å². The number of amides is 2. The van der Waals surface area contributed by atoms with Gasteiger partial charge in [-0.25, -0.2) is 9.86 Å². The van der Waals surface area contributed by atoms with Gasteiger partial charge in [-0.05, 0) is 26.7 Å². The molecule has 7 nitrogen and oxygen atoms in total. The zero-order valence-corrected chi connectivity index (χ0v) is 12.4.